The Hall–Kier alpha value is -2.86. The molecule has 2 aromatic rings. The Bertz CT molecular complexity index is 913. The third-order valence-electron chi connectivity index (χ3n) is 6.06. The Morgan fingerprint density at radius 1 is 1.33 bits per heavy atom. The predicted molar refractivity (Wildman–Crippen MR) is 101 cm³/mol. The summed E-state index contributed by atoms with van der Waals surface area (Å²) in [6.45, 7) is 2.02. The highest BCUT2D eigenvalue weighted by molar-refractivity contribution is 5.85. The van der Waals surface area contributed by atoms with E-state index in [1.807, 2.05) is 25.1 Å². The minimum atomic E-state index is -0.496. The molecule has 2 aliphatic heterocycles. The van der Waals surface area contributed by atoms with Crippen molar-refractivity contribution in [3.8, 4) is 5.75 Å². The molecule has 0 saturated carbocycles. The van der Waals surface area contributed by atoms with E-state index < -0.39 is 11.5 Å². The summed E-state index contributed by atoms with van der Waals surface area (Å²) in [6, 6.07) is 13.9. The van der Waals surface area contributed by atoms with E-state index in [2.05, 4.69) is 34.9 Å². The number of amides is 2. The molecule has 0 bridgehead atoms. The van der Waals surface area contributed by atoms with Crippen molar-refractivity contribution in [1.29, 1.82) is 0 Å². The summed E-state index contributed by atoms with van der Waals surface area (Å²) in [7, 11) is 3.27. The van der Waals surface area contributed by atoms with Crippen LogP contribution in [0.3, 0.4) is 0 Å². The molecule has 6 heteroatoms. The summed E-state index contributed by atoms with van der Waals surface area (Å²) in [5.74, 6) is 0.696. The minimum Gasteiger partial charge on any atom is -0.496 e. The number of methoxy groups -OCH3 is 1. The molecule has 2 heterocycles. The predicted octanol–water partition coefficient (Wildman–Crippen LogP) is 0.801. The average Bonchev–Trinajstić information content (AvgIpc) is 3.19. The van der Waals surface area contributed by atoms with Crippen LogP contribution in [0.4, 0.5) is 5.69 Å². The van der Waals surface area contributed by atoms with Crippen molar-refractivity contribution in [2.75, 3.05) is 14.2 Å². The van der Waals surface area contributed by atoms with E-state index >= 15 is 0 Å². The second kappa shape index (κ2) is 6.39. The van der Waals surface area contributed by atoms with Gasteiger partial charge in [0.15, 0.2) is 6.17 Å². The molecule has 0 spiro atoms. The smallest absolute Gasteiger partial charge is 0.242 e. The Morgan fingerprint density at radius 3 is 2.78 bits per heavy atom. The number of carbonyl (C=O) groups excluding carboxylic acids is 2. The van der Waals surface area contributed by atoms with Gasteiger partial charge in [0.25, 0.3) is 0 Å². The van der Waals surface area contributed by atoms with Crippen LogP contribution in [0.15, 0.2) is 42.5 Å². The van der Waals surface area contributed by atoms with Crippen LogP contribution < -0.4 is 15.4 Å². The Balaban J connectivity index is 1.93. The number of fused-ring (bicyclic) bond motifs is 3. The van der Waals surface area contributed by atoms with E-state index in [0.717, 1.165) is 34.5 Å². The number of hydrogen-bond donors (Lipinski definition) is 2. The molecule has 0 aliphatic carbocycles. The molecular weight excluding hydrogens is 342 g/mol. The van der Waals surface area contributed by atoms with Gasteiger partial charge >= 0.3 is 0 Å². The summed E-state index contributed by atoms with van der Waals surface area (Å²) in [4.78, 5) is 26.2. The zero-order valence-corrected chi connectivity index (χ0v) is 15.7. The number of rotatable bonds is 4. The van der Waals surface area contributed by atoms with Crippen molar-refractivity contribution in [3.05, 3.63) is 59.2 Å². The SMILES string of the molecule is CNC(=O)C1CC2(c3ccc(OC)c(C)c3)c3ccccc3[NH2+]C2N1C=O. The van der Waals surface area contributed by atoms with Crippen molar-refractivity contribution in [3.63, 3.8) is 0 Å². The number of para-hydroxylation sites is 1. The lowest BCUT2D eigenvalue weighted by atomic mass is 9.72. The molecule has 3 atom stereocenters. The molecule has 4 rings (SSSR count). The maximum Gasteiger partial charge on any atom is 0.242 e. The van der Waals surface area contributed by atoms with E-state index in [1.165, 1.54) is 0 Å². The van der Waals surface area contributed by atoms with Crippen LogP contribution in [0.1, 0.15) is 23.1 Å². The molecule has 2 amide bonds. The number of quaternary nitrogens is 1. The maximum atomic E-state index is 12.5. The highest BCUT2D eigenvalue weighted by atomic mass is 16.5. The second-order valence-corrected chi connectivity index (χ2v) is 7.24. The first kappa shape index (κ1) is 17.5. The fourth-order valence-electron chi connectivity index (χ4n) is 4.83. The molecular formula is C21H24N3O3+. The lowest BCUT2D eigenvalue weighted by molar-refractivity contribution is -0.624. The highest BCUT2D eigenvalue weighted by Gasteiger charge is 2.63. The number of aryl methyl sites for hydroxylation is 1. The average molecular weight is 366 g/mol. The number of ether oxygens (including phenoxy) is 1. The maximum absolute atomic E-state index is 12.5. The van der Waals surface area contributed by atoms with Crippen LogP contribution in [-0.4, -0.2) is 43.6 Å². The van der Waals surface area contributed by atoms with Gasteiger partial charge in [-0.3, -0.25) is 19.8 Å². The fraction of sp³-hybridized carbons (Fsp3) is 0.333. The number of nitrogens with one attached hydrogen (secondary N) is 1. The Morgan fingerprint density at radius 2 is 2.11 bits per heavy atom. The van der Waals surface area contributed by atoms with E-state index in [1.54, 1.807) is 19.1 Å². The number of carbonyl (C=O) groups is 2. The fourth-order valence-corrected chi connectivity index (χ4v) is 4.83. The minimum absolute atomic E-state index is 0.132. The number of nitrogens with two attached hydrogens (primary N) is 1. The number of likely N-dealkylation sites (tertiary alicyclic amines) is 1. The molecule has 3 N–H and O–H groups in total. The highest BCUT2D eigenvalue weighted by Crippen LogP contribution is 2.50. The van der Waals surface area contributed by atoms with Gasteiger partial charge in [0.1, 0.15) is 22.9 Å². The molecule has 0 radical (unpaired) electrons. The lowest BCUT2D eigenvalue weighted by Gasteiger charge is -2.28. The van der Waals surface area contributed by atoms with Crippen molar-refractivity contribution in [2.45, 2.75) is 31.0 Å². The zero-order chi connectivity index (χ0) is 19.2. The van der Waals surface area contributed by atoms with Gasteiger partial charge in [-0.1, -0.05) is 30.3 Å². The molecule has 6 nitrogen and oxygen atoms in total. The van der Waals surface area contributed by atoms with Gasteiger partial charge in [-0.05, 0) is 36.6 Å². The summed E-state index contributed by atoms with van der Waals surface area (Å²) in [6.07, 6.45) is 1.17. The van der Waals surface area contributed by atoms with E-state index in [-0.39, 0.29) is 12.1 Å². The molecule has 3 unspecified atom stereocenters. The van der Waals surface area contributed by atoms with Crippen molar-refractivity contribution < 1.29 is 19.6 Å². The zero-order valence-electron chi connectivity index (χ0n) is 15.7. The van der Waals surface area contributed by atoms with E-state index in [4.69, 9.17) is 4.74 Å². The first-order valence-electron chi connectivity index (χ1n) is 9.10. The molecule has 1 fully saturated rings. The summed E-state index contributed by atoms with van der Waals surface area (Å²) >= 11 is 0. The first-order chi connectivity index (χ1) is 13.1. The van der Waals surface area contributed by atoms with Gasteiger partial charge in [0.2, 0.25) is 12.3 Å². The number of benzene rings is 2. The van der Waals surface area contributed by atoms with Gasteiger partial charge in [0, 0.05) is 12.6 Å². The first-order valence-corrected chi connectivity index (χ1v) is 9.10. The molecule has 2 aromatic carbocycles. The molecule has 140 valence electrons. The molecule has 2 aliphatic rings. The van der Waals surface area contributed by atoms with Gasteiger partial charge in [0.05, 0.1) is 7.11 Å². The van der Waals surface area contributed by atoms with E-state index in [0.29, 0.717) is 6.42 Å². The lowest BCUT2D eigenvalue weighted by Crippen LogP contribution is -2.88. The number of hydrogen-bond acceptors (Lipinski definition) is 3. The van der Waals surface area contributed by atoms with E-state index in [9.17, 15) is 9.59 Å². The third-order valence-corrected chi connectivity index (χ3v) is 6.06. The van der Waals surface area contributed by atoms with Crippen LogP contribution in [-0.2, 0) is 15.0 Å². The van der Waals surface area contributed by atoms with Gasteiger partial charge < -0.3 is 10.1 Å². The topological polar surface area (TPSA) is 75.2 Å². The summed E-state index contributed by atoms with van der Waals surface area (Å²) in [5, 5.41) is 4.83. The Kier molecular flexibility index (Phi) is 4.15. The van der Waals surface area contributed by atoms with Crippen LogP contribution in [0, 0.1) is 6.92 Å². The molecule has 1 saturated heterocycles. The van der Waals surface area contributed by atoms with Crippen LogP contribution in [0.25, 0.3) is 0 Å². The Labute approximate surface area is 158 Å². The van der Waals surface area contributed by atoms with Crippen LogP contribution in [0.2, 0.25) is 0 Å². The molecule has 27 heavy (non-hydrogen) atoms. The largest absolute Gasteiger partial charge is 0.496 e. The van der Waals surface area contributed by atoms with Gasteiger partial charge in [-0.15, -0.1) is 0 Å². The third kappa shape index (κ3) is 2.36. The van der Waals surface area contributed by atoms with Gasteiger partial charge in [-0.2, -0.15) is 0 Å². The van der Waals surface area contributed by atoms with Crippen molar-refractivity contribution >= 4 is 18.0 Å². The van der Waals surface area contributed by atoms with Crippen LogP contribution in [0.5, 0.6) is 5.75 Å². The summed E-state index contributed by atoms with van der Waals surface area (Å²) < 4.78 is 5.42. The normalized spacial score (nSPS) is 25.7. The number of nitrogens with zero attached hydrogens (tertiary/aromatic N) is 1. The van der Waals surface area contributed by atoms with Crippen LogP contribution >= 0.6 is 0 Å². The second-order valence-electron chi connectivity index (χ2n) is 7.24. The quantitative estimate of drug-likeness (QED) is 0.621. The monoisotopic (exact) mass is 366 g/mol. The summed E-state index contributed by atoms with van der Waals surface area (Å²) in [5.41, 5.74) is 3.99. The number of likely N-dealkylation sites (N-methyl/N-ethyl adjacent to an activating group) is 1. The van der Waals surface area contributed by atoms with Crippen molar-refractivity contribution in [2.24, 2.45) is 0 Å². The van der Waals surface area contributed by atoms with Gasteiger partial charge in [-0.25, -0.2) is 0 Å². The standard InChI is InChI=1S/C21H23N3O3/c1-13-10-14(8-9-18(13)27-3)21-11-17(19(26)22-2)24(12-25)20(21)23-16-7-5-4-6-15(16)21/h4-10,12,17,20,23H,11H2,1-3H3,(H,22,26)/p+1. The molecule has 0 aromatic heterocycles. The van der Waals surface area contributed by atoms with Crippen molar-refractivity contribution in [1.82, 2.24) is 10.2 Å².